The van der Waals surface area contributed by atoms with Gasteiger partial charge in [0, 0.05) is 38.7 Å². The Hall–Kier alpha value is -2.78. The van der Waals surface area contributed by atoms with Gasteiger partial charge >= 0.3 is 0 Å². The molecule has 3 heterocycles. The molecule has 0 amide bonds. The number of oxazole rings is 1. The fourth-order valence-corrected chi connectivity index (χ4v) is 4.58. The molecule has 0 spiro atoms. The van der Waals surface area contributed by atoms with Crippen LogP contribution in [0, 0.1) is 13.8 Å². The zero-order chi connectivity index (χ0) is 19.7. The first-order valence-corrected chi connectivity index (χ1v) is 10.5. The summed E-state index contributed by atoms with van der Waals surface area (Å²) in [5.41, 5.74) is 2.36. The molecule has 0 N–H and O–H groups in total. The van der Waals surface area contributed by atoms with Crippen LogP contribution in [0.1, 0.15) is 11.6 Å². The molecule has 28 heavy (non-hydrogen) atoms. The molecule has 4 rings (SSSR count). The molecule has 0 unspecified atom stereocenters. The number of anilines is 1. The van der Waals surface area contributed by atoms with Gasteiger partial charge in [-0.15, -0.1) is 5.10 Å². The number of sulfonamides is 1. The van der Waals surface area contributed by atoms with Gasteiger partial charge < -0.3 is 9.32 Å². The molecule has 2 aromatic heterocycles. The second kappa shape index (κ2) is 7.33. The smallest absolute Gasteiger partial charge is 0.243 e. The standard InChI is InChI=1S/C19H21N5O3S/c1-14-3-8-19(22-21-14)23-9-11-24(12-10-23)28(25,26)17-6-4-16(5-7-17)18-13-27-15(2)20-18/h3-8,13H,9-12H2,1-2H3. The summed E-state index contributed by atoms with van der Waals surface area (Å²) >= 11 is 0. The number of hydrogen-bond donors (Lipinski definition) is 0. The van der Waals surface area contributed by atoms with Crippen LogP contribution in [0.25, 0.3) is 11.3 Å². The molecule has 0 aliphatic carbocycles. The largest absolute Gasteiger partial charge is 0.449 e. The van der Waals surface area contributed by atoms with Crippen molar-refractivity contribution in [3.63, 3.8) is 0 Å². The molecule has 1 aliphatic rings. The Morgan fingerprint density at radius 3 is 2.21 bits per heavy atom. The molecule has 0 atom stereocenters. The fourth-order valence-electron chi connectivity index (χ4n) is 3.16. The predicted octanol–water partition coefficient (Wildman–Crippen LogP) is 2.26. The molecule has 1 saturated heterocycles. The Kier molecular flexibility index (Phi) is 4.86. The molecule has 8 nitrogen and oxygen atoms in total. The normalized spacial score (nSPS) is 15.7. The Morgan fingerprint density at radius 1 is 0.929 bits per heavy atom. The van der Waals surface area contributed by atoms with Crippen LogP contribution in [-0.2, 0) is 10.0 Å². The molecule has 1 aromatic carbocycles. The number of rotatable bonds is 4. The van der Waals surface area contributed by atoms with Gasteiger partial charge in [0.2, 0.25) is 10.0 Å². The van der Waals surface area contributed by atoms with E-state index in [2.05, 4.69) is 20.1 Å². The van der Waals surface area contributed by atoms with E-state index >= 15 is 0 Å². The van der Waals surface area contributed by atoms with Gasteiger partial charge in [0.1, 0.15) is 12.0 Å². The van der Waals surface area contributed by atoms with Crippen molar-refractivity contribution in [3.8, 4) is 11.3 Å². The van der Waals surface area contributed by atoms with Crippen LogP contribution in [0.2, 0.25) is 0 Å². The molecule has 146 valence electrons. The number of benzene rings is 1. The van der Waals surface area contributed by atoms with Crippen LogP contribution in [0.5, 0.6) is 0 Å². The van der Waals surface area contributed by atoms with Gasteiger partial charge in [-0.25, -0.2) is 13.4 Å². The average Bonchev–Trinajstić information content (AvgIpc) is 3.15. The average molecular weight is 399 g/mol. The SMILES string of the molecule is Cc1ccc(N2CCN(S(=O)(=O)c3ccc(-c4coc(C)n4)cc3)CC2)nn1. The van der Waals surface area contributed by atoms with Gasteiger partial charge in [0.05, 0.1) is 10.6 Å². The van der Waals surface area contributed by atoms with Crippen LogP contribution in [0.15, 0.2) is 52.0 Å². The second-order valence-corrected chi connectivity index (χ2v) is 8.64. The van der Waals surface area contributed by atoms with Gasteiger partial charge in [-0.3, -0.25) is 0 Å². The van der Waals surface area contributed by atoms with E-state index in [1.807, 2.05) is 19.1 Å². The molecule has 0 bridgehead atoms. The Labute approximate surface area is 163 Å². The molecular weight excluding hydrogens is 378 g/mol. The van der Waals surface area contributed by atoms with Crippen LogP contribution in [0.3, 0.4) is 0 Å². The first-order valence-electron chi connectivity index (χ1n) is 9.01. The summed E-state index contributed by atoms with van der Waals surface area (Å²) < 4.78 is 32.7. The van der Waals surface area contributed by atoms with E-state index in [1.54, 1.807) is 37.5 Å². The van der Waals surface area contributed by atoms with E-state index in [0.29, 0.717) is 37.8 Å². The first kappa shape index (κ1) is 18.6. The minimum Gasteiger partial charge on any atom is -0.449 e. The maximum atomic E-state index is 13.0. The third-order valence-electron chi connectivity index (χ3n) is 4.75. The second-order valence-electron chi connectivity index (χ2n) is 6.70. The number of nitrogens with zero attached hydrogens (tertiary/aromatic N) is 5. The van der Waals surface area contributed by atoms with Gasteiger partial charge in [-0.1, -0.05) is 12.1 Å². The summed E-state index contributed by atoms with van der Waals surface area (Å²) in [7, 11) is -3.54. The summed E-state index contributed by atoms with van der Waals surface area (Å²) in [6.45, 7) is 5.62. The van der Waals surface area contributed by atoms with E-state index in [-0.39, 0.29) is 4.90 Å². The number of aromatic nitrogens is 3. The lowest BCUT2D eigenvalue weighted by molar-refractivity contribution is 0.383. The lowest BCUT2D eigenvalue weighted by Crippen LogP contribution is -2.49. The number of aryl methyl sites for hydroxylation is 2. The summed E-state index contributed by atoms with van der Waals surface area (Å²) in [5.74, 6) is 1.35. The lowest BCUT2D eigenvalue weighted by atomic mass is 10.2. The molecule has 0 saturated carbocycles. The van der Waals surface area contributed by atoms with Crippen molar-refractivity contribution in [1.82, 2.24) is 19.5 Å². The zero-order valence-corrected chi connectivity index (χ0v) is 16.6. The number of piperazine rings is 1. The summed E-state index contributed by atoms with van der Waals surface area (Å²) in [6.07, 6.45) is 1.56. The molecule has 1 aliphatic heterocycles. The van der Waals surface area contributed by atoms with Crippen LogP contribution in [0.4, 0.5) is 5.82 Å². The third-order valence-corrected chi connectivity index (χ3v) is 6.67. The number of hydrogen-bond acceptors (Lipinski definition) is 7. The summed E-state index contributed by atoms with van der Waals surface area (Å²) in [4.78, 5) is 6.59. The van der Waals surface area contributed by atoms with E-state index in [9.17, 15) is 8.42 Å². The Balaban J connectivity index is 1.46. The highest BCUT2D eigenvalue weighted by molar-refractivity contribution is 7.89. The van der Waals surface area contributed by atoms with Crippen molar-refractivity contribution >= 4 is 15.8 Å². The molecular formula is C19H21N5O3S. The van der Waals surface area contributed by atoms with Crippen molar-refractivity contribution < 1.29 is 12.8 Å². The van der Waals surface area contributed by atoms with Gasteiger partial charge in [-0.05, 0) is 31.2 Å². The fraction of sp³-hybridized carbons (Fsp3) is 0.316. The monoisotopic (exact) mass is 399 g/mol. The molecule has 1 fully saturated rings. The molecule has 0 radical (unpaired) electrons. The highest BCUT2D eigenvalue weighted by Crippen LogP contribution is 2.24. The third kappa shape index (κ3) is 3.63. The zero-order valence-electron chi connectivity index (χ0n) is 15.7. The predicted molar refractivity (Wildman–Crippen MR) is 104 cm³/mol. The topological polar surface area (TPSA) is 92.4 Å². The van der Waals surface area contributed by atoms with E-state index in [4.69, 9.17) is 4.42 Å². The van der Waals surface area contributed by atoms with Crippen molar-refractivity contribution in [3.05, 3.63) is 54.2 Å². The van der Waals surface area contributed by atoms with Gasteiger partial charge in [0.25, 0.3) is 0 Å². The molecule has 9 heteroatoms. The highest BCUT2D eigenvalue weighted by Gasteiger charge is 2.29. The van der Waals surface area contributed by atoms with Crippen LogP contribution < -0.4 is 4.90 Å². The van der Waals surface area contributed by atoms with Gasteiger partial charge in [-0.2, -0.15) is 9.40 Å². The maximum Gasteiger partial charge on any atom is 0.243 e. The van der Waals surface area contributed by atoms with Gasteiger partial charge in [0.15, 0.2) is 11.7 Å². The Morgan fingerprint density at radius 2 is 1.64 bits per heavy atom. The maximum absolute atomic E-state index is 13.0. The van der Waals surface area contributed by atoms with E-state index < -0.39 is 10.0 Å². The van der Waals surface area contributed by atoms with E-state index in [1.165, 1.54) is 4.31 Å². The summed E-state index contributed by atoms with van der Waals surface area (Å²) in [5, 5.41) is 8.25. The lowest BCUT2D eigenvalue weighted by Gasteiger charge is -2.34. The van der Waals surface area contributed by atoms with Crippen LogP contribution in [-0.4, -0.2) is 54.1 Å². The minimum atomic E-state index is -3.54. The molecule has 3 aromatic rings. The van der Waals surface area contributed by atoms with Crippen molar-refractivity contribution in [2.45, 2.75) is 18.7 Å². The highest BCUT2D eigenvalue weighted by atomic mass is 32.2. The van der Waals surface area contributed by atoms with Crippen LogP contribution >= 0.6 is 0 Å². The van der Waals surface area contributed by atoms with E-state index in [0.717, 1.165) is 17.1 Å². The summed E-state index contributed by atoms with van der Waals surface area (Å²) in [6, 6.07) is 10.6. The quantitative estimate of drug-likeness (QED) is 0.664. The first-order chi connectivity index (χ1) is 13.4. The van der Waals surface area contributed by atoms with Crippen molar-refractivity contribution in [2.75, 3.05) is 31.1 Å². The minimum absolute atomic E-state index is 0.278. The van der Waals surface area contributed by atoms with Crippen molar-refractivity contribution in [1.29, 1.82) is 0 Å². The van der Waals surface area contributed by atoms with Crippen molar-refractivity contribution in [2.24, 2.45) is 0 Å². The Bertz CT molecular complexity index is 1050.